The number of carbonyl (C=O) groups excluding carboxylic acids is 6. The number of amides is 5. The van der Waals surface area contributed by atoms with Crippen LogP contribution in [0.5, 0.6) is 0 Å². The molecular weight excluding hydrogens is 416 g/mol. The molecule has 2 rings (SSSR count). The van der Waals surface area contributed by atoms with Crippen LogP contribution in [-0.4, -0.2) is 59.9 Å². The molecule has 0 aromatic heterocycles. The lowest BCUT2D eigenvalue weighted by Crippen LogP contribution is -2.47. The molecule has 1 aliphatic heterocycles. The molecule has 32 heavy (non-hydrogen) atoms. The third-order valence-corrected chi connectivity index (χ3v) is 5.14. The van der Waals surface area contributed by atoms with E-state index in [2.05, 4.69) is 10.6 Å². The van der Waals surface area contributed by atoms with Crippen LogP contribution >= 0.6 is 0 Å². The molecule has 1 atom stereocenters. The van der Waals surface area contributed by atoms with Gasteiger partial charge in [-0.3, -0.25) is 28.9 Å². The van der Waals surface area contributed by atoms with Crippen molar-refractivity contribution in [1.29, 1.82) is 0 Å². The Morgan fingerprint density at radius 3 is 2.22 bits per heavy atom. The van der Waals surface area contributed by atoms with E-state index >= 15 is 0 Å². The standard InChI is InChI=1S/C22H28N4O6/c1-14(28)24-10-4-2-3-5-11-25-20(30)15-8-9-16-17(13-15)22(32)26(21(16)31)18(19(23)29)7-6-12-27/h8-9,12-13,18H,2-7,10-11H2,1H3,(H2,23,29)(H,24,28)(H,25,30). The van der Waals surface area contributed by atoms with Gasteiger partial charge in [-0.25, -0.2) is 0 Å². The minimum absolute atomic E-state index is 0.0259. The number of benzene rings is 1. The fraction of sp³-hybridized carbons (Fsp3) is 0.455. The second-order valence-electron chi connectivity index (χ2n) is 7.56. The molecule has 0 spiro atoms. The number of nitrogens with one attached hydrogen (secondary N) is 2. The summed E-state index contributed by atoms with van der Waals surface area (Å²) in [6.07, 6.45) is 3.95. The van der Waals surface area contributed by atoms with E-state index in [4.69, 9.17) is 5.73 Å². The van der Waals surface area contributed by atoms with Gasteiger partial charge < -0.3 is 21.2 Å². The molecule has 1 aromatic rings. The highest BCUT2D eigenvalue weighted by Crippen LogP contribution is 2.27. The van der Waals surface area contributed by atoms with Crippen LogP contribution in [0.25, 0.3) is 0 Å². The highest BCUT2D eigenvalue weighted by molar-refractivity contribution is 6.23. The molecule has 10 nitrogen and oxygen atoms in total. The predicted octanol–water partition coefficient (Wildman–Crippen LogP) is 0.542. The van der Waals surface area contributed by atoms with E-state index < -0.39 is 23.8 Å². The normalized spacial score (nSPS) is 13.5. The van der Waals surface area contributed by atoms with Gasteiger partial charge in [0.15, 0.2) is 0 Å². The number of unbranched alkanes of at least 4 members (excludes halogenated alkanes) is 3. The lowest BCUT2D eigenvalue weighted by molar-refractivity contribution is -0.122. The lowest BCUT2D eigenvalue weighted by atomic mass is 10.1. The number of carbonyl (C=O) groups is 6. The first-order valence-electron chi connectivity index (χ1n) is 10.6. The van der Waals surface area contributed by atoms with E-state index in [1.807, 2.05) is 0 Å². The zero-order valence-corrected chi connectivity index (χ0v) is 18.0. The van der Waals surface area contributed by atoms with Gasteiger partial charge >= 0.3 is 0 Å². The average Bonchev–Trinajstić information content (AvgIpc) is 3.00. The van der Waals surface area contributed by atoms with Gasteiger partial charge in [-0.15, -0.1) is 0 Å². The van der Waals surface area contributed by atoms with Crippen molar-refractivity contribution in [3.63, 3.8) is 0 Å². The van der Waals surface area contributed by atoms with E-state index in [9.17, 15) is 28.8 Å². The fourth-order valence-electron chi connectivity index (χ4n) is 3.48. The highest BCUT2D eigenvalue weighted by Gasteiger charge is 2.42. The first kappa shape index (κ1) is 24.7. The quantitative estimate of drug-likeness (QED) is 0.229. The lowest BCUT2D eigenvalue weighted by Gasteiger charge is -2.22. The molecule has 1 aromatic carbocycles. The summed E-state index contributed by atoms with van der Waals surface area (Å²) < 4.78 is 0. The summed E-state index contributed by atoms with van der Waals surface area (Å²) in [4.78, 5) is 71.8. The second kappa shape index (κ2) is 11.7. The van der Waals surface area contributed by atoms with Gasteiger partial charge in [0.05, 0.1) is 11.1 Å². The van der Waals surface area contributed by atoms with Gasteiger partial charge in [-0.2, -0.15) is 0 Å². The Hall–Kier alpha value is -3.56. The minimum Gasteiger partial charge on any atom is -0.368 e. The summed E-state index contributed by atoms with van der Waals surface area (Å²) in [6.45, 7) is 2.55. The van der Waals surface area contributed by atoms with Crippen molar-refractivity contribution in [3.8, 4) is 0 Å². The summed E-state index contributed by atoms with van der Waals surface area (Å²) in [5, 5.41) is 5.50. The number of nitrogens with zero attached hydrogens (tertiary/aromatic N) is 1. The highest BCUT2D eigenvalue weighted by atomic mass is 16.2. The number of nitrogens with two attached hydrogens (primary N) is 1. The summed E-state index contributed by atoms with van der Waals surface area (Å²) in [7, 11) is 0. The number of fused-ring (bicyclic) bond motifs is 1. The molecule has 10 heteroatoms. The number of primary amides is 1. The van der Waals surface area contributed by atoms with E-state index in [1.54, 1.807) is 0 Å². The molecule has 5 amide bonds. The van der Waals surface area contributed by atoms with Crippen LogP contribution < -0.4 is 16.4 Å². The average molecular weight is 444 g/mol. The van der Waals surface area contributed by atoms with Crippen molar-refractivity contribution in [3.05, 3.63) is 34.9 Å². The van der Waals surface area contributed by atoms with Gasteiger partial charge in [0, 0.05) is 32.0 Å². The molecule has 0 fully saturated rings. The van der Waals surface area contributed by atoms with Crippen LogP contribution in [0.4, 0.5) is 0 Å². The number of aldehydes is 1. The minimum atomic E-state index is -1.23. The number of hydrogen-bond acceptors (Lipinski definition) is 6. The van der Waals surface area contributed by atoms with Crippen molar-refractivity contribution in [2.45, 2.75) is 51.5 Å². The predicted molar refractivity (Wildman–Crippen MR) is 115 cm³/mol. The van der Waals surface area contributed by atoms with Crippen LogP contribution in [0.15, 0.2) is 18.2 Å². The Labute approximate surface area is 185 Å². The molecule has 1 aliphatic rings. The fourth-order valence-corrected chi connectivity index (χ4v) is 3.48. The third kappa shape index (κ3) is 6.22. The van der Waals surface area contributed by atoms with E-state index in [0.717, 1.165) is 30.6 Å². The number of hydrogen-bond donors (Lipinski definition) is 3. The molecule has 4 N–H and O–H groups in total. The van der Waals surface area contributed by atoms with Crippen molar-refractivity contribution in [1.82, 2.24) is 15.5 Å². The summed E-state index contributed by atoms with van der Waals surface area (Å²) >= 11 is 0. The molecule has 0 saturated heterocycles. The molecule has 0 saturated carbocycles. The largest absolute Gasteiger partial charge is 0.368 e. The Bertz CT molecular complexity index is 914. The summed E-state index contributed by atoms with van der Waals surface area (Å²) in [5.41, 5.74) is 5.67. The topological polar surface area (TPSA) is 156 Å². The Kier molecular flexibility index (Phi) is 9.06. The van der Waals surface area contributed by atoms with Crippen LogP contribution in [0, 0.1) is 0 Å². The number of rotatable bonds is 13. The Balaban J connectivity index is 1.94. The third-order valence-electron chi connectivity index (χ3n) is 5.14. The van der Waals surface area contributed by atoms with Gasteiger partial charge in [0.2, 0.25) is 11.8 Å². The maximum absolute atomic E-state index is 12.8. The molecule has 1 unspecified atom stereocenters. The monoisotopic (exact) mass is 444 g/mol. The first-order valence-corrected chi connectivity index (χ1v) is 10.6. The van der Waals surface area contributed by atoms with E-state index in [1.165, 1.54) is 25.1 Å². The zero-order chi connectivity index (χ0) is 23.7. The zero-order valence-electron chi connectivity index (χ0n) is 18.0. The Morgan fingerprint density at radius 1 is 1.00 bits per heavy atom. The molecular formula is C22H28N4O6. The molecule has 1 heterocycles. The van der Waals surface area contributed by atoms with Crippen molar-refractivity contribution in [2.24, 2.45) is 5.73 Å². The van der Waals surface area contributed by atoms with E-state index in [0.29, 0.717) is 19.4 Å². The van der Waals surface area contributed by atoms with Gasteiger partial charge in [-0.05, 0) is 37.5 Å². The van der Waals surface area contributed by atoms with Gasteiger partial charge in [0.25, 0.3) is 17.7 Å². The van der Waals surface area contributed by atoms with Gasteiger partial charge in [-0.1, -0.05) is 12.8 Å². The molecule has 0 bridgehead atoms. The van der Waals surface area contributed by atoms with Gasteiger partial charge in [0.1, 0.15) is 12.3 Å². The van der Waals surface area contributed by atoms with Crippen LogP contribution in [0.3, 0.4) is 0 Å². The first-order chi connectivity index (χ1) is 15.3. The van der Waals surface area contributed by atoms with Crippen molar-refractivity contribution < 1.29 is 28.8 Å². The Morgan fingerprint density at radius 2 is 1.62 bits per heavy atom. The summed E-state index contributed by atoms with van der Waals surface area (Å²) in [6, 6.07) is 2.93. The SMILES string of the molecule is CC(=O)NCCCCCCNC(=O)c1ccc2c(c1)C(=O)N(C(CCC=O)C(N)=O)C2=O. The number of imide groups is 1. The van der Waals surface area contributed by atoms with Crippen molar-refractivity contribution >= 4 is 35.8 Å². The van der Waals surface area contributed by atoms with Crippen LogP contribution in [-0.2, 0) is 14.4 Å². The smallest absolute Gasteiger partial charge is 0.262 e. The maximum Gasteiger partial charge on any atom is 0.262 e. The molecule has 172 valence electrons. The van der Waals surface area contributed by atoms with Crippen LogP contribution in [0.1, 0.15) is 76.5 Å². The second-order valence-corrected chi connectivity index (χ2v) is 7.56. The summed E-state index contributed by atoms with van der Waals surface area (Å²) in [5.74, 6) is -2.70. The van der Waals surface area contributed by atoms with Crippen molar-refractivity contribution in [2.75, 3.05) is 13.1 Å². The molecule has 0 radical (unpaired) electrons. The molecule has 0 aliphatic carbocycles. The van der Waals surface area contributed by atoms with Crippen LogP contribution in [0.2, 0.25) is 0 Å². The van der Waals surface area contributed by atoms with E-state index in [-0.39, 0.29) is 41.3 Å². The maximum atomic E-state index is 12.8.